The maximum Gasteiger partial charge on any atom is 0.236 e. The van der Waals surface area contributed by atoms with E-state index in [9.17, 15) is 4.79 Å². The number of benzene rings is 1. The van der Waals surface area contributed by atoms with Crippen molar-refractivity contribution in [3.8, 4) is 11.5 Å². The SMILES string of the molecule is COCCCOc1cc(C=NN=C2NC(=O)CS2)ccc1OC. The highest BCUT2D eigenvalue weighted by Crippen LogP contribution is 2.27. The van der Waals surface area contributed by atoms with Gasteiger partial charge in [0.2, 0.25) is 5.91 Å². The lowest BCUT2D eigenvalue weighted by atomic mass is 10.2. The van der Waals surface area contributed by atoms with Crippen LogP contribution in [0.5, 0.6) is 11.5 Å². The molecule has 0 aromatic heterocycles. The molecule has 1 aromatic rings. The minimum absolute atomic E-state index is 0.0554. The fraction of sp³-hybridized carbons (Fsp3) is 0.400. The highest BCUT2D eigenvalue weighted by atomic mass is 32.2. The summed E-state index contributed by atoms with van der Waals surface area (Å²) >= 11 is 1.33. The van der Waals surface area contributed by atoms with Crippen LogP contribution < -0.4 is 14.8 Å². The molecule has 0 saturated carbocycles. The molecule has 1 aliphatic rings. The molecular weight excluding hydrogens is 318 g/mol. The van der Waals surface area contributed by atoms with Crippen molar-refractivity contribution in [3.63, 3.8) is 0 Å². The summed E-state index contributed by atoms with van der Waals surface area (Å²) in [5.41, 5.74) is 0.825. The Morgan fingerprint density at radius 1 is 1.30 bits per heavy atom. The summed E-state index contributed by atoms with van der Waals surface area (Å²) < 4.78 is 16.0. The first kappa shape index (κ1) is 17.3. The van der Waals surface area contributed by atoms with E-state index in [2.05, 4.69) is 15.5 Å². The fourth-order valence-electron chi connectivity index (χ4n) is 1.80. The number of thioether (sulfide) groups is 1. The van der Waals surface area contributed by atoms with Gasteiger partial charge in [-0.25, -0.2) is 0 Å². The van der Waals surface area contributed by atoms with Crippen LogP contribution >= 0.6 is 11.8 Å². The number of nitrogens with one attached hydrogen (secondary N) is 1. The van der Waals surface area contributed by atoms with Crippen LogP contribution in [-0.2, 0) is 9.53 Å². The second-order valence-corrected chi connectivity index (χ2v) is 5.56. The molecule has 0 unspecified atom stereocenters. The zero-order chi connectivity index (χ0) is 16.5. The van der Waals surface area contributed by atoms with Gasteiger partial charge in [-0.15, -0.1) is 5.10 Å². The van der Waals surface area contributed by atoms with E-state index in [4.69, 9.17) is 14.2 Å². The summed E-state index contributed by atoms with van der Waals surface area (Å²) in [6.07, 6.45) is 2.39. The zero-order valence-corrected chi connectivity index (χ0v) is 13.9. The molecule has 2 rings (SSSR count). The molecule has 124 valence electrons. The molecule has 0 aliphatic carbocycles. The van der Waals surface area contributed by atoms with Gasteiger partial charge < -0.3 is 19.5 Å². The molecule has 0 atom stereocenters. The van der Waals surface area contributed by atoms with Crippen LogP contribution in [0.15, 0.2) is 28.4 Å². The van der Waals surface area contributed by atoms with Crippen LogP contribution in [0, 0.1) is 0 Å². The van der Waals surface area contributed by atoms with E-state index < -0.39 is 0 Å². The molecule has 23 heavy (non-hydrogen) atoms. The molecule has 1 heterocycles. The van der Waals surface area contributed by atoms with Crippen molar-refractivity contribution in [1.29, 1.82) is 0 Å². The number of carbonyl (C=O) groups excluding carboxylic acids is 1. The molecule has 1 aliphatic heterocycles. The third-order valence-corrected chi connectivity index (χ3v) is 3.74. The van der Waals surface area contributed by atoms with E-state index in [0.717, 1.165) is 12.0 Å². The topological polar surface area (TPSA) is 81.5 Å². The summed E-state index contributed by atoms with van der Waals surface area (Å²) in [6, 6.07) is 5.49. The Morgan fingerprint density at radius 2 is 2.17 bits per heavy atom. The number of amides is 1. The van der Waals surface area contributed by atoms with Crippen molar-refractivity contribution in [2.45, 2.75) is 6.42 Å². The van der Waals surface area contributed by atoms with E-state index in [1.165, 1.54) is 11.8 Å². The predicted molar refractivity (Wildman–Crippen MR) is 90.6 cm³/mol. The minimum Gasteiger partial charge on any atom is -0.493 e. The monoisotopic (exact) mass is 337 g/mol. The van der Waals surface area contributed by atoms with Gasteiger partial charge in [0.15, 0.2) is 16.7 Å². The average Bonchev–Trinajstić information content (AvgIpc) is 2.97. The second kappa shape index (κ2) is 9.16. The van der Waals surface area contributed by atoms with Gasteiger partial charge in [-0.3, -0.25) is 4.79 Å². The van der Waals surface area contributed by atoms with Crippen LogP contribution in [0.1, 0.15) is 12.0 Å². The molecule has 7 nitrogen and oxygen atoms in total. The van der Waals surface area contributed by atoms with Crippen molar-refractivity contribution < 1.29 is 19.0 Å². The van der Waals surface area contributed by atoms with Crippen LogP contribution in [0.2, 0.25) is 0 Å². The Morgan fingerprint density at radius 3 is 2.87 bits per heavy atom. The number of rotatable bonds is 8. The molecule has 0 spiro atoms. The Kier molecular flexibility index (Phi) is 6.89. The van der Waals surface area contributed by atoms with Gasteiger partial charge in [-0.1, -0.05) is 11.8 Å². The average molecular weight is 337 g/mol. The van der Waals surface area contributed by atoms with E-state index in [1.807, 2.05) is 18.2 Å². The molecule has 1 fully saturated rings. The number of hydrogen-bond acceptors (Lipinski definition) is 7. The van der Waals surface area contributed by atoms with Crippen molar-refractivity contribution >= 4 is 29.1 Å². The quantitative estimate of drug-likeness (QED) is 0.443. The van der Waals surface area contributed by atoms with Gasteiger partial charge in [-0.05, 0) is 23.8 Å². The molecule has 1 amide bonds. The van der Waals surface area contributed by atoms with Crippen LogP contribution in [0.25, 0.3) is 0 Å². The molecule has 8 heteroatoms. The zero-order valence-electron chi connectivity index (χ0n) is 13.1. The van der Waals surface area contributed by atoms with E-state index >= 15 is 0 Å². The molecule has 0 radical (unpaired) electrons. The standard InChI is InChI=1S/C15H19N3O4S/c1-20-6-3-7-22-13-8-11(4-5-12(13)21-2)9-16-18-15-17-14(19)10-23-15/h4-5,8-9H,3,6-7,10H2,1-2H3,(H,17,18,19). The lowest BCUT2D eigenvalue weighted by molar-refractivity contribution is -0.116. The van der Waals surface area contributed by atoms with Gasteiger partial charge in [-0.2, -0.15) is 5.10 Å². The Labute approximate surface area is 139 Å². The number of nitrogens with zero attached hydrogens (tertiary/aromatic N) is 2. The second-order valence-electron chi connectivity index (χ2n) is 4.59. The maximum atomic E-state index is 11.0. The van der Waals surface area contributed by atoms with Gasteiger partial charge >= 0.3 is 0 Å². The Bertz CT molecular complexity index is 604. The van der Waals surface area contributed by atoms with Crippen molar-refractivity contribution in [2.24, 2.45) is 10.2 Å². The first-order valence-electron chi connectivity index (χ1n) is 7.06. The van der Waals surface area contributed by atoms with Gasteiger partial charge in [0, 0.05) is 20.1 Å². The summed E-state index contributed by atoms with van der Waals surface area (Å²) in [5, 5.41) is 11.1. The van der Waals surface area contributed by atoms with E-state index in [0.29, 0.717) is 35.6 Å². The van der Waals surface area contributed by atoms with Gasteiger partial charge in [0.1, 0.15) is 0 Å². The number of carbonyl (C=O) groups is 1. The number of hydrogen-bond donors (Lipinski definition) is 1. The maximum absolute atomic E-state index is 11.0. The largest absolute Gasteiger partial charge is 0.493 e. The van der Waals surface area contributed by atoms with Crippen LogP contribution in [0.3, 0.4) is 0 Å². The molecular formula is C15H19N3O4S. The normalized spacial score (nSPS) is 16.1. The number of amidine groups is 1. The van der Waals surface area contributed by atoms with E-state index in [1.54, 1.807) is 20.4 Å². The Balaban J connectivity index is 2.00. The predicted octanol–water partition coefficient (Wildman–Crippen LogP) is 1.66. The summed E-state index contributed by atoms with van der Waals surface area (Å²) in [4.78, 5) is 11.0. The van der Waals surface area contributed by atoms with Crippen LogP contribution in [0.4, 0.5) is 0 Å². The van der Waals surface area contributed by atoms with Crippen molar-refractivity contribution in [3.05, 3.63) is 23.8 Å². The van der Waals surface area contributed by atoms with E-state index in [-0.39, 0.29) is 5.91 Å². The lowest BCUT2D eigenvalue weighted by Gasteiger charge is -2.11. The number of ether oxygens (including phenoxy) is 3. The third-order valence-electron chi connectivity index (χ3n) is 2.88. The van der Waals surface area contributed by atoms with Gasteiger partial charge in [0.05, 0.1) is 25.7 Å². The highest BCUT2D eigenvalue weighted by Gasteiger charge is 2.15. The fourth-order valence-corrected chi connectivity index (χ4v) is 2.43. The van der Waals surface area contributed by atoms with Gasteiger partial charge in [0.25, 0.3) is 0 Å². The highest BCUT2D eigenvalue weighted by molar-refractivity contribution is 8.15. The first-order valence-corrected chi connectivity index (χ1v) is 8.05. The lowest BCUT2D eigenvalue weighted by Crippen LogP contribution is -2.19. The summed E-state index contributed by atoms with van der Waals surface area (Å²) in [6.45, 7) is 1.18. The summed E-state index contributed by atoms with van der Waals surface area (Å²) in [7, 11) is 3.25. The third kappa shape index (κ3) is 5.57. The van der Waals surface area contributed by atoms with Crippen LogP contribution in [-0.4, -0.2) is 50.5 Å². The summed E-state index contributed by atoms with van der Waals surface area (Å²) in [5.74, 6) is 1.63. The number of methoxy groups -OCH3 is 2. The minimum atomic E-state index is -0.0554. The first-order chi connectivity index (χ1) is 11.2. The Hall–Kier alpha value is -2.06. The molecule has 0 bridgehead atoms. The van der Waals surface area contributed by atoms with Crippen molar-refractivity contribution in [1.82, 2.24) is 5.32 Å². The smallest absolute Gasteiger partial charge is 0.236 e. The van der Waals surface area contributed by atoms with Crippen molar-refractivity contribution in [2.75, 3.05) is 33.2 Å². The molecule has 1 N–H and O–H groups in total. The molecule has 1 saturated heterocycles. The molecule has 1 aromatic carbocycles.